The van der Waals surface area contributed by atoms with E-state index < -0.39 is 17.1 Å². The molecule has 4 aromatic carbocycles. The Hall–Kier alpha value is -4.89. The van der Waals surface area contributed by atoms with Gasteiger partial charge in [0.05, 0.1) is 16.5 Å². The summed E-state index contributed by atoms with van der Waals surface area (Å²) >= 11 is 1.30. The number of hydrogen-bond donors (Lipinski definition) is 3. The largest absolute Gasteiger partial charge is 0.478 e. The summed E-state index contributed by atoms with van der Waals surface area (Å²) < 4.78 is 0. The zero-order chi connectivity index (χ0) is 27.1. The van der Waals surface area contributed by atoms with Gasteiger partial charge in [-0.25, -0.2) is 9.69 Å². The first-order valence-electron chi connectivity index (χ1n) is 12.2. The third kappa shape index (κ3) is 4.53. The van der Waals surface area contributed by atoms with Crippen LogP contribution in [0, 0.1) is 0 Å². The third-order valence-electron chi connectivity index (χ3n) is 6.67. The van der Waals surface area contributed by atoms with E-state index in [4.69, 9.17) is 0 Å². The van der Waals surface area contributed by atoms with E-state index in [9.17, 15) is 24.3 Å². The number of fused-ring (bicyclic) bond motifs is 2. The van der Waals surface area contributed by atoms with Gasteiger partial charge < -0.3 is 15.4 Å². The lowest BCUT2D eigenvalue weighted by Crippen LogP contribution is -2.31. The molecule has 1 unspecified atom stereocenters. The molecule has 192 valence electrons. The molecule has 0 radical (unpaired) electrons. The normalized spacial score (nSPS) is 15.3. The van der Waals surface area contributed by atoms with E-state index in [0.29, 0.717) is 22.1 Å². The number of hydrogen-bond acceptors (Lipinski definition) is 5. The molecule has 8 nitrogen and oxygen atoms in total. The molecule has 1 aliphatic rings. The van der Waals surface area contributed by atoms with Crippen molar-refractivity contribution in [3.8, 4) is 0 Å². The van der Waals surface area contributed by atoms with Gasteiger partial charge in [0.15, 0.2) is 0 Å². The zero-order valence-corrected chi connectivity index (χ0v) is 21.2. The molecule has 0 saturated carbocycles. The standard InChI is InChI=1S/C30H21N3O5S/c34-26-16-25(29(36)33(26)20-10-7-17-13-14-31-24(17)15-20)39-21-11-8-19(9-12-21)32-28(35)22-5-1-3-18-4-2-6-23(27(18)22)30(37)38/h1-15,25,31H,16H2,(H,32,35)(H,37,38). The second kappa shape index (κ2) is 9.77. The maximum Gasteiger partial charge on any atom is 0.336 e. The summed E-state index contributed by atoms with van der Waals surface area (Å²) in [6, 6.07) is 24.3. The van der Waals surface area contributed by atoms with Crippen molar-refractivity contribution in [1.82, 2.24) is 4.98 Å². The fourth-order valence-corrected chi connectivity index (χ4v) is 5.88. The third-order valence-corrected chi connectivity index (χ3v) is 7.87. The number of rotatable bonds is 6. The molecule has 1 aliphatic heterocycles. The van der Waals surface area contributed by atoms with Gasteiger partial charge in [0.1, 0.15) is 0 Å². The lowest BCUT2D eigenvalue weighted by Gasteiger charge is -2.15. The van der Waals surface area contributed by atoms with Gasteiger partial charge in [-0.1, -0.05) is 30.3 Å². The molecule has 5 aromatic rings. The van der Waals surface area contributed by atoms with Crippen LogP contribution in [0.5, 0.6) is 0 Å². The van der Waals surface area contributed by atoms with Crippen molar-refractivity contribution in [2.24, 2.45) is 0 Å². The van der Waals surface area contributed by atoms with Crippen molar-refractivity contribution < 1.29 is 24.3 Å². The molecule has 2 heterocycles. The molecule has 6 rings (SSSR count). The minimum Gasteiger partial charge on any atom is -0.478 e. The first-order valence-corrected chi connectivity index (χ1v) is 13.0. The molecule has 1 aromatic heterocycles. The molecule has 3 amide bonds. The summed E-state index contributed by atoms with van der Waals surface area (Å²) in [6.07, 6.45) is 1.90. The Kier molecular flexibility index (Phi) is 6.12. The average molecular weight is 536 g/mol. The van der Waals surface area contributed by atoms with Crippen LogP contribution in [0.15, 0.2) is 96.0 Å². The van der Waals surface area contributed by atoms with E-state index in [1.54, 1.807) is 66.7 Å². The number of carboxylic acids is 1. The number of aromatic carboxylic acids is 1. The average Bonchev–Trinajstić information content (AvgIpc) is 3.51. The number of amides is 3. The summed E-state index contributed by atoms with van der Waals surface area (Å²) in [6.45, 7) is 0. The number of aromatic nitrogens is 1. The van der Waals surface area contributed by atoms with Crippen LogP contribution < -0.4 is 10.2 Å². The summed E-state index contributed by atoms with van der Waals surface area (Å²) in [4.78, 5) is 55.8. The number of carbonyl (C=O) groups is 4. The van der Waals surface area contributed by atoms with Crippen molar-refractivity contribution in [1.29, 1.82) is 0 Å². The van der Waals surface area contributed by atoms with Crippen molar-refractivity contribution in [2.45, 2.75) is 16.6 Å². The maximum absolute atomic E-state index is 13.1. The van der Waals surface area contributed by atoms with E-state index in [2.05, 4.69) is 10.3 Å². The molecule has 0 spiro atoms. The van der Waals surface area contributed by atoms with Crippen LogP contribution in [-0.4, -0.2) is 39.0 Å². The van der Waals surface area contributed by atoms with Gasteiger partial charge in [-0.15, -0.1) is 11.8 Å². The Balaban J connectivity index is 1.17. The van der Waals surface area contributed by atoms with Crippen molar-refractivity contribution in [3.05, 3.63) is 102 Å². The van der Waals surface area contributed by atoms with Crippen molar-refractivity contribution in [3.63, 3.8) is 0 Å². The smallest absolute Gasteiger partial charge is 0.336 e. The Morgan fingerprint density at radius 1 is 0.897 bits per heavy atom. The van der Waals surface area contributed by atoms with Gasteiger partial charge in [-0.2, -0.15) is 0 Å². The Bertz CT molecular complexity index is 1790. The van der Waals surface area contributed by atoms with E-state index in [-0.39, 0.29) is 29.4 Å². The second-order valence-corrected chi connectivity index (χ2v) is 10.4. The Morgan fingerprint density at radius 3 is 2.38 bits per heavy atom. The van der Waals surface area contributed by atoms with Crippen LogP contribution in [-0.2, 0) is 9.59 Å². The molecular weight excluding hydrogens is 514 g/mol. The van der Waals surface area contributed by atoms with Gasteiger partial charge in [0.25, 0.3) is 5.91 Å². The summed E-state index contributed by atoms with van der Waals surface area (Å²) in [5.41, 5.74) is 2.23. The highest BCUT2D eigenvalue weighted by Gasteiger charge is 2.40. The Labute approximate surface area is 226 Å². The molecule has 0 bridgehead atoms. The minimum atomic E-state index is -1.11. The van der Waals surface area contributed by atoms with Crippen LogP contribution in [0.1, 0.15) is 27.1 Å². The fourth-order valence-electron chi connectivity index (χ4n) is 4.83. The van der Waals surface area contributed by atoms with Crippen molar-refractivity contribution >= 4 is 68.5 Å². The van der Waals surface area contributed by atoms with Gasteiger partial charge in [-0.3, -0.25) is 14.4 Å². The number of anilines is 2. The number of thioether (sulfide) groups is 1. The van der Waals surface area contributed by atoms with E-state index >= 15 is 0 Å². The molecule has 39 heavy (non-hydrogen) atoms. The summed E-state index contributed by atoms with van der Waals surface area (Å²) in [5, 5.41) is 13.9. The number of aromatic amines is 1. The second-order valence-electron chi connectivity index (χ2n) is 9.12. The monoisotopic (exact) mass is 535 g/mol. The molecule has 0 aliphatic carbocycles. The minimum absolute atomic E-state index is 0.0580. The zero-order valence-electron chi connectivity index (χ0n) is 20.4. The van der Waals surface area contributed by atoms with E-state index in [0.717, 1.165) is 15.8 Å². The summed E-state index contributed by atoms with van der Waals surface area (Å²) in [7, 11) is 0. The van der Waals surface area contributed by atoms with Crippen molar-refractivity contribution in [2.75, 3.05) is 10.2 Å². The Morgan fingerprint density at radius 2 is 1.64 bits per heavy atom. The number of H-pyrrole nitrogens is 1. The van der Waals surface area contributed by atoms with Gasteiger partial charge in [-0.05, 0) is 65.4 Å². The molecular formula is C30H21N3O5S. The molecule has 3 N–H and O–H groups in total. The number of nitrogens with one attached hydrogen (secondary N) is 2. The lowest BCUT2D eigenvalue weighted by molar-refractivity contribution is -0.121. The summed E-state index contributed by atoms with van der Waals surface area (Å²) in [5.74, 6) is -2.05. The predicted molar refractivity (Wildman–Crippen MR) is 150 cm³/mol. The molecule has 1 saturated heterocycles. The highest BCUT2D eigenvalue weighted by molar-refractivity contribution is 8.00. The van der Waals surface area contributed by atoms with Crippen LogP contribution in [0.2, 0.25) is 0 Å². The topological polar surface area (TPSA) is 120 Å². The molecule has 1 fully saturated rings. The first kappa shape index (κ1) is 24.4. The molecule has 1 atom stereocenters. The quantitative estimate of drug-likeness (QED) is 0.240. The SMILES string of the molecule is O=C(O)c1cccc2cccc(C(=O)Nc3ccc(SC4CC(=O)N(c5ccc6cc[nH]c6c5)C4=O)cc3)c12. The first-order chi connectivity index (χ1) is 18.9. The number of carboxylic acid groups (broad SMARTS) is 1. The number of nitrogens with zero attached hydrogens (tertiary/aromatic N) is 1. The van der Waals surface area contributed by atoms with Gasteiger partial charge >= 0.3 is 5.97 Å². The van der Waals surface area contributed by atoms with Crippen LogP contribution in [0.3, 0.4) is 0 Å². The number of benzene rings is 4. The van der Waals surface area contributed by atoms with Crippen LogP contribution >= 0.6 is 11.8 Å². The maximum atomic E-state index is 13.1. The number of carbonyl (C=O) groups excluding carboxylic acids is 3. The molecule has 9 heteroatoms. The van der Waals surface area contributed by atoms with E-state index in [1.807, 2.05) is 18.3 Å². The lowest BCUT2D eigenvalue weighted by atomic mass is 9.98. The highest BCUT2D eigenvalue weighted by atomic mass is 32.2. The fraction of sp³-hybridized carbons (Fsp3) is 0.0667. The highest BCUT2D eigenvalue weighted by Crippen LogP contribution is 2.35. The van der Waals surface area contributed by atoms with Crippen LogP contribution in [0.25, 0.3) is 21.7 Å². The van der Waals surface area contributed by atoms with Gasteiger partial charge in [0, 0.05) is 39.7 Å². The van der Waals surface area contributed by atoms with Crippen LogP contribution in [0.4, 0.5) is 11.4 Å². The number of imide groups is 1. The predicted octanol–water partition coefficient (Wildman–Crippen LogP) is 5.70. The van der Waals surface area contributed by atoms with E-state index in [1.165, 1.54) is 22.7 Å². The van der Waals surface area contributed by atoms with Gasteiger partial charge in [0.2, 0.25) is 11.8 Å².